The molecule has 1 aliphatic rings. The predicted molar refractivity (Wildman–Crippen MR) is 72.4 cm³/mol. The van der Waals surface area contributed by atoms with Crippen molar-refractivity contribution in [2.75, 3.05) is 46.9 Å². The van der Waals surface area contributed by atoms with Gasteiger partial charge in [0.2, 0.25) is 0 Å². The van der Waals surface area contributed by atoms with Crippen LogP contribution < -0.4 is 0 Å². The molecule has 0 radical (unpaired) electrons. The molecular formula is C13H25N3O. The summed E-state index contributed by atoms with van der Waals surface area (Å²) >= 11 is 0. The Morgan fingerprint density at radius 3 is 2.59 bits per heavy atom. The Hall–Kier alpha value is -0.870. The van der Waals surface area contributed by atoms with Crippen molar-refractivity contribution in [1.29, 1.82) is 0 Å². The van der Waals surface area contributed by atoms with Gasteiger partial charge in [0.25, 0.3) is 0 Å². The molecule has 0 aromatic rings. The van der Waals surface area contributed by atoms with E-state index >= 15 is 0 Å². The summed E-state index contributed by atoms with van der Waals surface area (Å²) in [7, 11) is 3.77. The molecule has 0 bridgehead atoms. The molecule has 1 rings (SSSR count). The van der Waals surface area contributed by atoms with Crippen molar-refractivity contribution in [3.63, 3.8) is 0 Å². The van der Waals surface area contributed by atoms with Crippen LogP contribution in [0.4, 0.5) is 0 Å². The van der Waals surface area contributed by atoms with E-state index in [0.717, 1.165) is 18.6 Å². The second-order valence-corrected chi connectivity index (χ2v) is 4.57. The first kappa shape index (κ1) is 14.2. The molecule has 4 nitrogen and oxygen atoms in total. The summed E-state index contributed by atoms with van der Waals surface area (Å²) in [5.74, 6) is 0. The van der Waals surface area contributed by atoms with Crippen LogP contribution in [0.5, 0.6) is 0 Å². The second-order valence-electron chi connectivity index (χ2n) is 4.57. The van der Waals surface area contributed by atoms with Gasteiger partial charge in [0.15, 0.2) is 0 Å². The highest BCUT2D eigenvalue weighted by Gasteiger charge is 2.12. The molecule has 0 unspecified atom stereocenters. The smallest absolute Gasteiger partial charge is 0.106 e. The Balaban J connectivity index is 2.07. The minimum atomic E-state index is 0.950. The van der Waals surface area contributed by atoms with Gasteiger partial charge in [0.1, 0.15) is 7.11 Å². The fourth-order valence-corrected chi connectivity index (χ4v) is 2.02. The van der Waals surface area contributed by atoms with E-state index in [4.69, 9.17) is 4.84 Å². The molecule has 1 heterocycles. The van der Waals surface area contributed by atoms with Gasteiger partial charge in [-0.2, -0.15) is 0 Å². The Kier molecular flexibility index (Phi) is 6.89. The Labute approximate surface area is 105 Å². The highest BCUT2D eigenvalue weighted by atomic mass is 16.6. The Bertz CT molecular complexity index is 245. The van der Waals surface area contributed by atoms with Crippen molar-refractivity contribution in [2.45, 2.75) is 19.3 Å². The van der Waals surface area contributed by atoms with E-state index in [1.54, 1.807) is 13.2 Å². The number of unbranched alkanes of at least 4 members (excludes halogenated alkanes) is 1. The first-order chi connectivity index (χ1) is 8.26. The zero-order chi connectivity index (χ0) is 12.5. The van der Waals surface area contributed by atoms with Crippen LogP contribution in [0.1, 0.15) is 19.3 Å². The number of rotatable bonds is 7. The number of piperazine rings is 1. The van der Waals surface area contributed by atoms with Gasteiger partial charge in [-0.25, -0.2) is 0 Å². The topological polar surface area (TPSA) is 28.1 Å². The number of allylic oxidation sites excluding steroid dienone is 1. The fourth-order valence-electron chi connectivity index (χ4n) is 2.02. The standard InChI is InChI=1S/C13H25N3O/c1-4-13(14-17-3)7-5-6-8-16-11-9-15(2)10-12-16/h4H,1,5-12H2,2-3H3/b14-13+. The SMILES string of the molecule is C=C/C(CCCCN1CCN(C)CC1)=N\OC. The first-order valence-electron chi connectivity index (χ1n) is 6.39. The van der Waals surface area contributed by atoms with E-state index in [1.807, 2.05) is 0 Å². The average Bonchev–Trinajstić information content (AvgIpc) is 2.35. The maximum atomic E-state index is 4.75. The largest absolute Gasteiger partial charge is 0.399 e. The van der Waals surface area contributed by atoms with Gasteiger partial charge in [-0.05, 0) is 38.9 Å². The quantitative estimate of drug-likeness (QED) is 0.384. The monoisotopic (exact) mass is 239 g/mol. The van der Waals surface area contributed by atoms with Gasteiger partial charge in [0.05, 0.1) is 5.71 Å². The summed E-state index contributed by atoms with van der Waals surface area (Å²) < 4.78 is 0. The first-order valence-corrected chi connectivity index (χ1v) is 6.39. The molecule has 4 heteroatoms. The lowest BCUT2D eigenvalue weighted by atomic mass is 10.1. The molecule has 0 spiro atoms. The lowest BCUT2D eigenvalue weighted by Crippen LogP contribution is -2.44. The van der Waals surface area contributed by atoms with Crippen LogP contribution >= 0.6 is 0 Å². The summed E-state index contributed by atoms with van der Waals surface area (Å²) in [6, 6.07) is 0. The molecule has 1 saturated heterocycles. The molecule has 1 aliphatic heterocycles. The third-order valence-corrected chi connectivity index (χ3v) is 3.20. The van der Waals surface area contributed by atoms with Gasteiger partial charge in [0, 0.05) is 26.2 Å². The third-order valence-electron chi connectivity index (χ3n) is 3.20. The van der Waals surface area contributed by atoms with Crippen molar-refractivity contribution in [2.24, 2.45) is 5.16 Å². The van der Waals surface area contributed by atoms with Crippen LogP contribution in [0.2, 0.25) is 0 Å². The minimum absolute atomic E-state index is 0.950. The lowest BCUT2D eigenvalue weighted by molar-refractivity contribution is 0.152. The highest BCUT2D eigenvalue weighted by Crippen LogP contribution is 2.04. The van der Waals surface area contributed by atoms with Gasteiger partial charge >= 0.3 is 0 Å². The molecule has 1 fully saturated rings. The number of oxime groups is 1. The summed E-state index contributed by atoms with van der Waals surface area (Å²) in [6.45, 7) is 9.74. The van der Waals surface area contributed by atoms with E-state index in [1.165, 1.54) is 39.1 Å². The molecule has 0 aromatic heterocycles. The van der Waals surface area contributed by atoms with Crippen LogP contribution in [0.3, 0.4) is 0 Å². The summed E-state index contributed by atoms with van der Waals surface area (Å²) in [6.07, 6.45) is 5.12. The predicted octanol–water partition coefficient (Wildman–Crippen LogP) is 1.59. The van der Waals surface area contributed by atoms with Crippen molar-refractivity contribution in [3.05, 3.63) is 12.7 Å². The summed E-state index contributed by atoms with van der Waals surface area (Å²) in [5, 5.41) is 3.92. The van der Waals surface area contributed by atoms with Crippen LogP contribution in [-0.2, 0) is 4.84 Å². The molecule has 0 N–H and O–H groups in total. The molecule has 0 amide bonds. The second kappa shape index (κ2) is 8.25. The van der Waals surface area contributed by atoms with Crippen LogP contribution in [-0.4, -0.2) is 62.4 Å². The van der Waals surface area contributed by atoms with Crippen molar-refractivity contribution >= 4 is 5.71 Å². The van der Waals surface area contributed by atoms with E-state index in [0.29, 0.717) is 0 Å². The lowest BCUT2D eigenvalue weighted by Gasteiger charge is -2.32. The minimum Gasteiger partial charge on any atom is -0.399 e. The summed E-state index contributed by atoms with van der Waals surface area (Å²) in [5.41, 5.74) is 0.950. The maximum absolute atomic E-state index is 4.75. The number of hydrogen-bond acceptors (Lipinski definition) is 4. The Morgan fingerprint density at radius 1 is 1.29 bits per heavy atom. The third kappa shape index (κ3) is 5.84. The maximum Gasteiger partial charge on any atom is 0.106 e. The zero-order valence-corrected chi connectivity index (χ0v) is 11.2. The van der Waals surface area contributed by atoms with Crippen LogP contribution in [0.15, 0.2) is 17.8 Å². The molecule has 0 saturated carbocycles. The fraction of sp³-hybridized carbons (Fsp3) is 0.769. The zero-order valence-electron chi connectivity index (χ0n) is 11.2. The molecule has 17 heavy (non-hydrogen) atoms. The molecule has 0 atom stereocenters. The average molecular weight is 239 g/mol. The van der Waals surface area contributed by atoms with Crippen molar-refractivity contribution in [3.8, 4) is 0 Å². The van der Waals surface area contributed by atoms with Crippen LogP contribution in [0.25, 0.3) is 0 Å². The van der Waals surface area contributed by atoms with E-state index in [2.05, 4.69) is 28.6 Å². The summed E-state index contributed by atoms with van der Waals surface area (Å²) in [4.78, 5) is 9.68. The highest BCUT2D eigenvalue weighted by molar-refractivity contribution is 5.93. The number of hydrogen-bond donors (Lipinski definition) is 0. The normalized spacial score (nSPS) is 19.3. The van der Waals surface area contributed by atoms with Gasteiger partial charge in [-0.15, -0.1) is 0 Å². The van der Waals surface area contributed by atoms with Crippen molar-refractivity contribution in [1.82, 2.24) is 9.80 Å². The molecule has 0 aliphatic carbocycles. The van der Waals surface area contributed by atoms with Gasteiger partial charge < -0.3 is 14.6 Å². The van der Waals surface area contributed by atoms with Gasteiger partial charge in [-0.3, -0.25) is 0 Å². The molecular weight excluding hydrogens is 214 g/mol. The van der Waals surface area contributed by atoms with E-state index < -0.39 is 0 Å². The Morgan fingerprint density at radius 2 is 2.00 bits per heavy atom. The number of likely N-dealkylation sites (N-methyl/N-ethyl adjacent to an activating group) is 1. The molecule has 0 aromatic carbocycles. The van der Waals surface area contributed by atoms with Crippen molar-refractivity contribution < 1.29 is 4.84 Å². The molecule has 98 valence electrons. The van der Waals surface area contributed by atoms with E-state index in [9.17, 15) is 0 Å². The van der Waals surface area contributed by atoms with Crippen LogP contribution in [0, 0.1) is 0 Å². The van der Waals surface area contributed by atoms with Gasteiger partial charge in [-0.1, -0.05) is 11.7 Å². The van der Waals surface area contributed by atoms with E-state index in [-0.39, 0.29) is 0 Å². The number of nitrogens with zero attached hydrogens (tertiary/aromatic N) is 3.